The fraction of sp³-hybridized carbons (Fsp3) is 0.455. The summed E-state index contributed by atoms with van der Waals surface area (Å²) in [4.78, 5) is 9.79. The largest absolute Gasteiger partial charge is 0.389 e. The Labute approximate surface area is 116 Å². The molecule has 0 saturated carbocycles. The Morgan fingerprint density at radius 1 is 1.50 bits per heavy atom. The normalized spacial score (nSPS) is 13.4. The van der Waals surface area contributed by atoms with E-state index in [2.05, 4.69) is 0 Å². The molecule has 0 aliphatic carbocycles. The van der Waals surface area contributed by atoms with E-state index in [0.29, 0.717) is 0 Å². The molecule has 1 atom stereocenters. The first-order chi connectivity index (χ1) is 9.28. The maximum atomic E-state index is 12.2. The number of aliphatic hydroxyl groups excluding tert-OH is 1. The minimum absolute atomic E-state index is 0.00516. The lowest BCUT2D eigenvalue weighted by Crippen LogP contribution is -2.36. The van der Waals surface area contributed by atoms with Gasteiger partial charge < -0.3 is 9.84 Å². The van der Waals surface area contributed by atoms with Gasteiger partial charge in [-0.3, -0.25) is 10.1 Å². The number of hydrogen-bond donors (Lipinski definition) is 1. The van der Waals surface area contributed by atoms with Crippen molar-refractivity contribution in [2.45, 2.75) is 11.0 Å². The summed E-state index contributed by atoms with van der Waals surface area (Å²) in [6.45, 7) is -0.173. The van der Waals surface area contributed by atoms with E-state index in [1.807, 2.05) is 0 Å². The van der Waals surface area contributed by atoms with Gasteiger partial charge in [-0.15, -0.1) is 0 Å². The van der Waals surface area contributed by atoms with E-state index in [1.54, 1.807) is 0 Å². The van der Waals surface area contributed by atoms with Crippen molar-refractivity contribution in [3.63, 3.8) is 0 Å². The van der Waals surface area contributed by atoms with Gasteiger partial charge in [0.15, 0.2) is 0 Å². The third-order valence-corrected chi connectivity index (χ3v) is 4.38. The zero-order chi connectivity index (χ0) is 15.3. The summed E-state index contributed by atoms with van der Waals surface area (Å²) in [5, 5.41) is 20.2. The smallest absolute Gasteiger partial charge is 0.270 e. The Morgan fingerprint density at radius 3 is 2.70 bits per heavy atom. The van der Waals surface area contributed by atoms with Gasteiger partial charge in [0, 0.05) is 32.8 Å². The number of methoxy groups -OCH3 is 1. The highest BCUT2D eigenvalue weighted by atomic mass is 32.2. The fourth-order valence-corrected chi connectivity index (χ4v) is 2.83. The minimum atomic E-state index is -3.90. The monoisotopic (exact) mass is 304 g/mol. The number of non-ortho nitro benzene ring substituents is 1. The maximum absolute atomic E-state index is 12.2. The van der Waals surface area contributed by atoms with Crippen LogP contribution in [-0.4, -0.2) is 56.2 Å². The van der Waals surface area contributed by atoms with Gasteiger partial charge >= 0.3 is 0 Å². The van der Waals surface area contributed by atoms with E-state index >= 15 is 0 Å². The molecular formula is C11H16N2O6S. The van der Waals surface area contributed by atoms with Crippen LogP contribution in [-0.2, 0) is 14.8 Å². The molecule has 0 fully saturated rings. The van der Waals surface area contributed by atoms with Crippen LogP contribution in [0, 0.1) is 10.1 Å². The van der Waals surface area contributed by atoms with Crippen molar-refractivity contribution in [1.29, 1.82) is 0 Å². The van der Waals surface area contributed by atoms with Crippen LogP contribution in [0.2, 0.25) is 0 Å². The number of likely N-dealkylation sites (N-methyl/N-ethyl adjacent to an activating group) is 1. The topological polar surface area (TPSA) is 110 Å². The molecule has 1 aromatic rings. The molecule has 0 heterocycles. The Balaban J connectivity index is 2.98. The van der Waals surface area contributed by atoms with Crippen LogP contribution in [0.15, 0.2) is 29.2 Å². The Bertz CT molecular complexity index is 574. The molecule has 8 nitrogen and oxygen atoms in total. The molecule has 1 N–H and O–H groups in total. The minimum Gasteiger partial charge on any atom is -0.389 e. The van der Waals surface area contributed by atoms with Gasteiger partial charge in [-0.2, -0.15) is 4.31 Å². The highest BCUT2D eigenvalue weighted by Crippen LogP contribution is 2.20. The highest BCUT2D eigenvalue weighted by molar-refractivity contribution is 7.89. The van der Waals surface area contributed by atoms with Crippen LogP contribution in [0.3, 0.4) is 0 Å². The van der Waals surface area contributed by atoms with Crippen molar-refractivity contribution < 1.29 is 23.2 Å². The second-order valence-electron chi connectivity index (χ2n) is 4.15. The van der Waals surface area contributed by atoms with Crippen LogP contribution < -0.4 is 0 Å². The van der Waals surface area contributed by atoms with Gasteiger partial charge in [-0.05, 0) is 6.07 Å². The van der Waals surface area contributed by atoms with Crippen LogP contribution >= 0.6 is 0 Å². The second-order valence-corrected chi connectivity index (χ2v) is 6.19. The Morgan fingerprint density at radius 2 is 2.15 bits per heavy atom. The van der Waals surface area contributed by atoms with E-state index in [4.69, 9.17) is 4.74 Å². The first kappa shape index (κ1) is 16.5. The predicted octanol–water partition coefficient (Wildman–Crippen LogP) is 0.223. The van der Waals surface area contributed by atoms with Gasteiger partial charge in [0.25, 0.3) is 5.69 Å². The molecule has 0 spiro atoms. The van der Waals surface area contributed by atoms with Crippen LogP contribution in [0.4, 0.5) is 5.69 Å². The van der Waals surface area contributed by atoms with E-state index in [0.717, 1.165) is 10.4 Å². The number of ether oxygens (including phenoxy) is 1. The molecule has 0 radical (unpaired) electrons. The number of hydrogen-bond acceptors (Lipinski definition) is 6. The summed E-state index contributed by atoms with van der Waals surface area (Å²) in [5.41, 5.74) is -0.308. The predicted molar refractivity (Wildman–Crippen MR) is 70.8 cm³/mol. The molecule has 0 amide bonds. The van der Waals surface area contributed by atoms with Crippen molar-refractivity contribution in [3.8, 4) is 0 Å². The lowest BCUT2D eigenvalue weighted by atomic mass is 10.3. The standard InChI is InChI=1S/C11H16N2O6S/c1-12(7-10(14)8-19-2)20(17,18)11-5-3-4-9(6-11)13(15)16/h3-6,10,14H,7-8H2,1-2H3. The van der Waals surface area contributed by atoms with E-state index in [1.165, 1.54) is 32.4 Å². The zero-order valence-corrected chi connectivity index (χ0v) is 11.9. The van der Waals surface area contributed by atoms with Crippen molar-refractivity contribution in [3.05, 3.63) is 34.4 Å². The van der Waals surface area contributed by atoms with Crippen LogP contribution in [0.25, 0.3) is 0 Å². The molecule has 0 saturated heterocycles. The first-order valence-corrected chi connectivity index (χ1v) is 7.11. The number of aliphatic hydroxyl groups is 1. The Kier molecular flexibility index (Phi) is 5.57. The molecule has 0 aliphatic rings. The number of rotatable bonds is 7. The van der Waals surface area contributed by atoms with Gasteiger partial charge in [-0.25, -0.2) is 8.42 Å². The van der Waals surface area contributed by atoms with Crippen LogP contribution in [0.1, 0.15) is 0 Å². The van der Waals surface area contributed by atoms with Gasteiger partial charge in [-0.1, -0.05) is 6.07 Å². The molecule has 112 valence electrons. The molecule has 0 aromatic heterocycles. The number of benzene rings is 1. The molecule has 0 bridgehead atoms. The van der Waals surface area contributed by atoms with Crippen molar-refractivity contribution >= 4 is 15.7 Å². The van der Waals surface area contributed by atoms with Gasteiger partial charge in [0.05, 0.1) is 22.5 Å². The summed E-state index contributed by atoms with van der Waals surface area (Å²) < 4.78 is 30.0. The average molecular weight is 304 g/mol. The number of sulfonamides is 1. The first-order valence-electron chi connectivity index (χ1n) is 5.67. The lowest BCUT2D eigenvalue weighted by Gasteiger charge is -2.20. The van der Waals surface area contributed by atoms with E-state index < -0.39 is 21.1 Å². The van der Waals surface area contributed by atoms with Crippen molar-refractivity contribution in [2.75, 3.05) is 27.3 Å². The summed E-state index contributed by atoms with van der Waals surface area (Å²) in [6, 6.07) is 4.75. The number of nitro groups is 1. The fourth-order valence-electron chi connectivity index (χ4n) is 1.58. The highest BCUT2D eigenvalue weighted by Gasteiger charge is 2.24. The Hall–Kier alpha value is -1.55. The summed E-state index contributed by atoms with van der Waals surface area (Å²) in [7, 11) is -1.22. The molecule has 1 unspecified atom stereocenters. The number of nitro benzene ring substituents is 1. The molecular weight excluding hydrogens is 288 g/mol. The summed E-state index contributed by atoms with van der Waals surface area (Å²) in [5.74, 6) is 0. The third-order valence-electron chi connectivity index (χ3n) is 2.56. The van der Waals surface area contributed by atoms with Gasteiger partial charge in [0.2, 0.25) is 10.0 Å². The lowest BCUT2D eigenvalue weighted by molar-refractivity contribution is -0.385. The summed E-state index contributed by atoms with van der Waals surface area (Å²) >= 11 is 0. The molecule has 9 heteroatoms. The second kappa shape index (κ2) is 6.75. The molecule has 0 aliphatic heterocycles. The molecule has 20 heavy (non-hydrogen) atoms. The van der Waals surface area contributed by atoms with Gasteiger partial charge in [0.1, 0.15) is 0 Å². The van der Waals surface area contributed by atoms with Crippen LogP contribution in [0.5, 0.6) is 0 Å². The van der Waals surface area contributed by atoms with E-state index in [9.17, 15) is 23.6 Å². The molecule has 1 rings (SSSR count). The summed E-state index contributed by atoms with van der Waals surface area (Å²) in [6.07, 6.45) is -0.974. The third kappa shape index (κ3) is 3.97. The maximum Gasteiger partial charge on any atom is 0.270 e. The van der Waals surface area contributed by atoms with E-state index in [-0.39, 0.29) is 23.7 Å². The SMILES string of the molecule is COCC(O)CN(C)S(=O)(=O)c1cccc([N+](=O)[O-])c1. The quantitative estimate of drug-likeness (QED) is 0.570. The zero-order valence-electron chi connectivity index (χ0n) is 11.1. The molecule has 1 aromatic carbocycles. The number of nitrogens with zero attached hydrogens (tertiary/aromatic N) is 2. The van der Waals surface area contributed by atoms with Crippen molar-refractivity contribution in [1.82, 2.24) is 4.31 Å². The van der Waals surface area contributed by atoms with Crippen molar-refractivity contribution in [2.24, 2.45) is 0 Å². The average Bonchev–Trinajstić information content (AvgIpc) is 2.38.